The number of carbonyl (C=O) groups is 1. The average molecular weight is 602 g/mol. The first-order valence-electron chi connectivity index (χ1n) is 15.7. The Morgan fingerprint density at radius 3 is 2.43 bits per heavy atom. The lowest BCUT2D eigenvalue weighted by molar-refractivity contribution is -0.113. The lowest BCUT2D eigenvalue weighted by Gasteiger charge is -2.39. The third kappa shape index (κ3) is 5.12. The highest BCUT2D eigenvalue weighted by atomic mass is 19.3. The van der Waals surface area contributed by atoms with Crippen LogP contribution in [0.4, 0.5) is 13.2 Å². The molecule has 10 heteroatoms. The van der Waals surface area contributed by atoms with Gasteiger partial charge in [0.25, 0.3) is 17.4 Å². The fourth-order valence-electron chi connectivity index (χ4n) is 6.80. The molecule has 0 unspecified atom stereocenters. The number of hydrogen-bond donors (Lipinski definition) is 1. The maximum atomic E-state index is 14.4. The summed E-state index contributed by atoms with van der Waals surface area (Å²) in [5.74, 6) is -3.15. The molecular weight excluding hydrogens is 567 g/mol. The molecule has 44 heavy (non-hydrogen) atoms. The molecule has 5 heterocycles. The predicted molar refractivity (Wildman–Crippen MR) is 161 cm³/mol. The minimum absolute atomic E-state index is 0.0209. The number of pyridine rings is 2. The molecule has 4 aliphatic rings. The molecule has 1 amide bonds. The number of rotatable bonds is 7. The topological polar surface area (TPSA) is 74.2 Å². The van der Waals surface area contributed by atoms with Crippen molar-refractivity contribution in [1.82, 2.24) is 24.3 Å². The van der Waals surface area contributed by atoms with Gasteiger partial charge in [-0.3, -0.25) is 19.1 Å². The maximum Gasteiger partial charge on any atom is 0.282 e. The molecule has 228 valence electrons. The number of carbonyl (C=O) groups excluding carboxylic acids is 1. The summed E-state index contributed by atoms with van der Waals surface area (Å²) in [5.41, 5.74) is 4.38. The summed E-state index contributed by atoms with van der Waals surface area (Å²) in [6.07, 6.45) is 9.63. The molecule has 2 saturated carbocycles. The van der Waals surface area contributed by atoms with Gasteiger partial charge in [0.05, 0.1) is 18.7 Å². The summed E-state index contributed by atoms with van der Waals surface area (Å²) in [5, 5.41) is 0.970. The number of aromatic amines is 1. The second-order valence-electron chi connectivity index (χ2n) is 13.1. The number of likely N-dealkylation sites (tertiary alicyclic amines) is 2. The Kier molecular flexibility index (Phi) is 6.48. The lowest BCUT2D eigenvalue weighted by atomic mass is 9.96. The Labute approximate surface area is 252 Å². The molecule has 3 aromatic heterocycles. The molecule has 2 aliphatic heterocycles. The van der Waals surface area contributed by atoms with E-state index in [9.17, 15) is 22.8 Å². The van der Waals surface area contributed by atoms with Crippen LogP contribution in [0, 0.1) is 5.82 Å². The summed E-state index contributed by atoms with van der Waals surface area (Å²) >= 11 is 0. The van der Waals surface area contributed by atoms with Gasteiger partial charge in [0.2, 0.25) is 0 Å². The normalized spacial score (nSPS) is 20.2. The van der Waals surface area contributed by atoms with Gasteiger partial charge in [0.1, 0.15) is 17.2 Å². The Hall–Kier alpha value is -3.92. The largest absolute Gasteiger partial charge is 0.353 e. The van der Waals surface area contributed by atoms with Crippen molar-refractivity contribution < 1.29 is 18.0 Å². The molecule has 0 spiro atoms. The van der Waals surface area contributed by atoms with Crippen molar-refractivity contribution in [2.24, 2.45) is 0 Å². The van der Waals surface area contributed by atoms with Gasteiger partial charge >= 0.3 is 0 Å². The van der Waals surface area contributed by atoms with Crippen LogP contribution in [0.1, 0.15) is 84.1 Å². The molecule has 2 aliphatic carbocycles. The Morgan fingerprint density at radius 2 is 1.73 bits per heavy atom. The quantitative estimate of drug-likeness (QED) is 0.268. The molecule has 7 nitrogen and oxygen atoms in total. The predicted octanol–water partition coefficient (Wildman–Crippen LogP) is 6.35. The third-order valence-corrected chi connectivity index (χ3v) is 9.47. The number of piperidine rings is 1. The molecule has 8 rings (SSSR count). The van der Waals surface area contributed by atoms with E-state index < -0.39 is 30.7 Å². The summed E-state index contributed by atoms with van der Waals surface area (Å²) in [4.78, 5) is 39.2. The standard InChI is InChI=1S/C34H34F3N5O2/c35-23-8-9-25(27(14-23)32(43)41-18-34(36,37)19-41)22-12-29(21-6-7-21)39-30(13-22)42-17-28(20-4-5-20)26-15-24(38-31(26)33(42)44)16-40-10-2-1-3-11-40/h8-9,12-15,17,20-21,38H,1-7,10-11,16,18-19H2. The van der Waals surface area contributed by atoms with Gasteiger partial charge in [0.15, 0.2) is 0 Å². The van der Waals surface area contributed by atoms with Crippen molar-refractivity contribution in [2.45, 2.75) is 69.2 Å². The van der Waals surface area contributed by atoms with E-state index >= 15 is 0 Å². The number of amides is 1. The van der Waals surface area contributed by atoms with Crippen LogP contribution in [-0.4, -0.2) is 62.3 Å². The Morgan fingerprint density at radius 1 is 0.977 bits per heavy atom. The molecule has 1 N–H and O–H groups in total. The fourth-order valence-corrected chi connectivity index (χ4v) is 6.80. The first kappa shape index (κ1) is 27.6. The smallest absolute Gasteiger partial charge is 0.282 e. The summed E-state index contributed by atoms with van der Waals surface area (Å²) in [7, 11) is 0. The number of halogens is 3. The van der Waals surface area contributed by atoms with E-state index in [1.165, 1.54) is 31.4 Å². The molecule has 4 aromatic rings. The van der Waals surface area contributed by atoms with Crippen molar-refractivity contribution >= 4 is 16.8 Å². The van der Waals surface area contributed by atoms with E-state index in [1.54, 1.807) is 10.6 Å². The number of nitrogens with zero attached hydrogens (tertiary/aromatic N) is 4. The monoisotopic (exact) mass is 601 g/mol. The van der Waals surface area contributed by atoms with Crippen LogP contribution in [0.5, 0.6) is 0 Å². The van der Waals surface area contributed by atoms with Gasteiger partial charge in [-0.1, -0.05) is 12.5 Å². The zero-order valence-corrected chi connectivity index (χ0v) is 24.4. The van der Waals surface area contributed by atoms with E-state index in [1.807, 2.05) is 12.3 Å². The van der Waals surface area contributed by atoms with Crippen molar-refractivity contribution in [3.8, 4) is 16.9 Å². The zero-order valence-electron chi connectivity index (χ0n) is 24.4. The van der Waals surface area contributed by atoms with Crippen molar-refractivity contribution in [3.63, 3.8) is 0 Å². The van der Waals surface area contributed by atoms with Crippen LogP contribution in [0.15, 0.2) is 47.4 Å². The lowest BCUT2D eigenvalue weighted by Crippen LogP contribution is -2.58. The highest BCUT2D eigenvalue weighted by molar-refractivity contribution is 6.01. The number of benzene rings is 1. The first-order chi connectivity index (χ1) is 21.2. The number of aromatic nitrogens is 3. The van der Waals surface area contributed by atoms with Crippen LogP contribution in [0.25, 0.3) is 27.8 Å². The molecular formula is C34H34F3N5O2. The van der Waals surface area contributed by atoms with E-state index in [0.29, 0.717) is 28.4 Å². The SMILES string of the molecule is O=C(c1cc(F)ccc1-c1cc(C2CC2)nc(-n2cc(C3CC3)c3cc(CN4CCCCC4)[nH]c3c2=O)c1)N1CC(F)(F)C1. The van der Waals surface area contributed by atoms with Gasteiger partial charge in [0, 0.05) is 35.4 Å². The molecule has 0 atom stereocenters. The highest BCUT2D eigenvalue weighted by Gasteiger charge is 2.46. The second kappa shape index (κ2) is 10.3. The molecule has 1 aromatic carbocycles. The minimum Gasteiger partial charge on any atom is -0.353 e. The van der Waals surface area contributed by atoms with Crippen molar-refractivity contribution in [2.75, 3.05) is 26.2 Å². The van der Waals surface area contributed by atoms with Gasteiger partial charge < -0.3 is 9.88 Å². The van der Waals surface area contributed by atoms with E-state index in [0.717, 1.165) is 78.6 Å². The summed E-state index contributed by atoms with van der Waals surface area (Å²) < 4.78 is 43.2. The molecule has 2 saturated heterocycles. The third-order valence-electron chi connectivity index (χ3n) is 9.47. The van der Waals surface area contributed by atoms with E-state index in [2.05, 4.69) is 16.0 Å². The van der Waals surface area contributed by atoms with Gasteiger partial charge in [-0.05, 0) is 105 Å². The van der Waals surface area contributed by atoms with Crippen molar-refractivity contribution in [1.29, 1.82) is 0 Å². The van der Waals surface area contributed by atoms with E-state index in [-0.39, 0.29) is 17.0 Å². The zero-order chi connectivity index (χ0) is 30.2. The number of nitrogens with one attached hydrogen (secondary N) is 1. The number of alkyl halides is 2. The fraction of sp³-hybridized carbons (Fsp3) is 0.441. The van der Waals surface area contributed by atoms with E-state index in [4.69, 9.17) is 4.98 Å². The maximum absolute atomic E-state index is 14.4. The number of H-pyrrole nitrogens is 1. The van der Waals surface area contributed by atoms with Gasteiger partial charge in [-0.25, -0.2) is 18.2 Å². The van der Waals surface area contributed by atoms with Gasteiger partial charge in [-0.15, -0.1) is 0 Å². The molecule has 4 fully saturated rings. The van der Waals surface area contributed by atoms with Crippen molar-refractivity contribution in [3.05, 3.63) is 81.3 Å². The van der Waals surface area contributed by atoms with Crippen LogP contribution in [0.3, 0.4) is 0 Å². The van der Waals surface area contributed by atoms with Gasteiger partial charge in [-0.2, -0.15) is 0 Å². The molecule has 0 bridgehead atoms. The Balaban J connectivity index is 1.23. The second-order valence-corrected chi connectivity index (χ2v) is 13.1. The van der Waals surface area contributed by atoms with Crippen LogP contribution < -0.4 is 5.56 Å². The highest BCUT2D eigenvalue weighted by Crippen LogP contribution is 2.44. The van der Waals surface area contributed by atoms with Crippen LogP contribution in [-0.2, 0) is 6.54 Å². The minimum atomic E-state index is -2.93. The van der Waals surface area contributed by atoms with Crippen LogP contribution in [0.2, 0.25) is 0 Å². The average Bonchev–Trinajstić information content (AvgIpc) is 3.93. The molecule has 0 radical (unpaired) electrons. The summed E-state index contributed by atoms with van der Waals surface area (Å²) in [6.45, 7) is 1.52. The summed E-state index contributed by atoms with van der Waals surface area (Å²) in [6, 6.07) is 9.65. The van der Waals surface area contributed by atoms with Crippen LogP contribution >= 0.6 is 0 Å². The number of fused-ring (bicyclic) bond motifs is 1. The Bertz CT molecular complexity index is 1840. The number of hydrogen-bond acceptors (Lipinski definition) is 4. The first-order valence-corrected chi connectivity index (χ1v) is 15.7.